The molecule has 0 aliphatic heterocycles. The monoisotopic (exact) mass is 436 g/mol. The molecule has 0 bridgehead atoms. The Morgan fingerprint density at radius 3 is 1.94 bits per heavy atom. The smallest absolute Gasteiger partial charge is 0.338 e. The average Bonchev–Trinajstić information content (AvgIpc) is 2.77. The van der Waals surface area contributed by atoms with E-state index in [0.717, 1.165) is 0 Å². The zero-order chi connectivity index (χ0) is 23.7. The summed E-state index contributed by atoms with van der Waals surface area (Å²) in [6.45, 7) is 5.06. The molecule has 166 valence electrons. The van der Waals surface area contributed by atoms with Gasteiger partial charge in [-0.3, -0.25) is 9.59 Å². The quantitative estimate of drug-likeness (QED) is 0.259. The number of benzene rings is 2. The van der Waals surface area contributed by atoms with E-state index in [1.54, 1.807) is 30.3 Å². The van der Waals surface area contributed by atoms with Crippen LogP contribution in [-0.2, 0) is 14.4 Å². The van der Waals surface area contributed by atoms with Crippen molar-refractivity contribution in [3.05, 3.63) is 71.8 Å². The summed E-state index contributed by atoms with van der Waals surface area (Å²) in [5.41, 5.74) is 1.53. The van der Waals surface area contributed by atoms with E-state index in [2.05, 4.69) is 6.58 Å². The molecule has 0 fully saturated rings. The molecule has 7 heteroatoms. The number of rotatable bonds is 10. The maximum Gasteiger partial charge on any atom is 0.338 e. The van der Waals surface area contributed by atoms with Crippen molar-refractivity contribution < 1.29 is 33.7 Å². The largest absolute Gasteiger partial charge is 0.504 e. The van der Waals surface area contributed by atoms with Crippen LogP contribution in [0.1, 0.15) is 24.5 Å². The highest BCUT2D eigenvalue weighted by Gasteiger charge is 2.11. The number of ether oxygens (including phenoxy) is 3. The highest BCUT2D eigenvalue weighted by Crippen LogP contribution is 2.29. The van der Waals surface area contributed by atoms with Crippen molar-refractivity contribution in [1.29, 1.82) is 0 Å². The molecule has 0 heterocycles. The first-order valence-electron chi connectivity index (χ1n) is 9.58. The molecule has 2 rings (SSSR count). The second kappa shape index (κ2) is 11.3. The maximum absolute atomic E-state index is 12.1. The fourth-order valence-electron chi connectivity index (χ4n) is 2.52. The van der Waals surface area contributed by atoms with Gasteiger partial charge in [0.1, 0.15) is 0 Å². The van der Waals surface area contributed by atoms with Crippen LogP contribution in [0.2, 0.25) is 0 Å². The number of phenolic OH excluding ortho intramolecular Hbond substituents is 1. The van der Waals surface area contributed by atoms with Crippen LogP contribution in [-0.4, -0.2) is 36.9 Å². The van der Waals surface area contributed by atoms with Gasteiger partial charge in [0.15, 0.2) is 34.6 Å². The van der Waals surface area contributed by atoms with Gasteiger partial charge in [0.2, 0.25) is 0 Å². The highest BCUT2D eigenvalue weighted by atomic mass is 16.6. The Bertz CT molecular complexity index is 1090. The zero-order valence-corrected chi connectivity index (χ0v) is 18.1. The van der Waals surface area contributed by atoms with E-state index in [0.29, 0.717) is 16.9 Å². The minimum absolute atomic E-state index is 0.00469. The van der Waals surface area contributed by atoms with Crippen LogP contribution >= 0.6 is 0 Å². The topological polar surface area (TPSA) is 99.1 Å². The minimum atomic E-state index is -0.570. The van der Waals surface area contributed by atoms with Gasteiger partial charge in [0.05, 0.1) is 20.6 Å². The van der Waals surface area contributed by atoms with Gasteiger partial charge in [0, 0.05) is 5.57 Å². The molecule has 0 atom stereocenters. The number of hydrogen-bond acceptors (Lipinski definition) is 7. The molecule has 7 nitrogen and oxygen atoms in total. The van der Waals surface area contributed by atoms with Crippen molar-refractivity contribution >= 4 is 29.7 Å². The Morgan fingerprint density at radius 1 is 0.875 bits per heavy atom. The average molecular weight is 436 g/mol. The molecular weight excluding hydrogens is 412 g/mol. The number of methoxy groups -OCH3 is 2. The van der Waals surface area contributed by atoms with Crippen molar-refractivity contribution in [3.63, 3.8) is 0 Å². The molecule has 0 saturated heterocycles. The predicted molar refractivity (Wildman–Crippen MR) is 121 cm³/mol. The lowest BCUT2D eigenvalue weighted by molar-refractivity contribution is -0.130. The van der Waals surface area contributed by atoms with E-state index in [-0.39, 0.29) is 40.8 Å². The van der Waals surface area contributed by atoms with E-state index in [4.69, 9.17) is 14.2 Å². The lowest BCUT2D eigenvalue weighted by atomic mass is 10.1. The predicted octanol–water partition coefficient (Wildman–Crippen LogP) is 4.15. The molecule has 0 amide bonds. The summed E-state index contributed by atoms with van der Waals surface area (Å²) < 4.78 is 15.4. The minimum Gasteiger partial charge on any atom is -0.504 e. The van der Waals surface area contributed by atoms with Crippen molar-refractivity contribution in [2.75, 3.05) is 14.2 Å². The molecule has 2 aromatic carbocycles. The maximum atomic E-state index is 12.1. The first kappa shape index (κ1) is 24.1. The Hall–Kier alpha value is -4.13. The molecular formula is C25H24O7. The van der Waals surface area contributed by atoms with E-state index in [1.165, 1.54) is 51.5 Å². The molecule has 32 heavy (non-hydrogen) atoms. The van der Waals surface area contributed by atoms with Crippen LogP contribution in [0.25, 0.3) is 12.2 Å². The normalized spacial score (nSPS) is 10.8. The summed E-state index contributed by atoms with van der Waals surface area (Å²) in [7, 11) is 2.86. The van der Waals surface area contributed by atoms with Crippen LogP contribution < -0.4 is 14.2 Å². The fraction of sp³-hybridized carbons (Fsp3) is 0.160. The van der Waals surface area contributed by atoms with Crippen molar-refractivity contribution in [1.82, 2.24) is 0 Å². The fourth-order valence-corrected chi connectivity index (χ4v) is 2.52. The van der Waals surface area contributed by atoms with Gasteiger partial charge in [0.25, 0.3) is 0 Å². The number of carbonyl (C=O) groups is 3. The third-order valence-electron chi connectivity index (χ3n) is 4.21. The number of carbonyl (C=O) groups excluding carboxylic acids is 3. The number of aromatic hydroxyl groups is 1. The summed E-state index contributed by atoms with van der Waals surface area (Å²) in [6.07, 6.45) is 5.37. The molecule has 0 aromatic heterocycles. The first-order chi connectivity index (χ1) is 15.2. The van der Waals surface area contributed by atoms with E-state index < -0.39 is 5.97 Å². The highest BCUT2D eigenvalue weighted by molar-refractivity contribution is 6.10. The second-order valence-corrected chi connectivity index (χ2v) is 6.79. The van der Waals surface area contributed by atoms with Gasteiger partial charge >= 0.3 is 5.97 Å². The van der Waals surface area contributed by atoms with Crippen LogP contribution in [0.3, 0.4) is 0 Å². The summed E-state index contributed by atoms with van der Waals surface area (Å²) in [4.78, 5) is 35.9. The molecule has 0 radical (unpaired) electrons. The second-order valence-electron chi connectivity index (χ2n) is 6.79. The van der Waals surface area contributed by atoms with Crippen molar-refractivity contribution in [3.8, 4) is 23.0 Å². The van der Waals surface area contributed by atoms with E-state index in [9.17, 15) is 19.5 Å². The summed E-state index contributed by atoms with van der Waals surface area (Å²) in [6, 6.07) is 9.44. The Labute approximate surface area is 186 Å². The van der Waals surface area contributed by atoms with E-state index >= 15 is 0 Å². The number of esters is 1. The summed E-state index contributed by atoms with van der Waals surface area (Å²) in [5.74, 6) is -0.484. The molecule has 0 aliphatic carbocycles. The lowest BCUT2D eigenvalue weighted by Gasteiger charge is -2.09. The van der Waals surface area contributed by atoms with Crippen LogP contribution in [0, 0.1) is 0 Å². The van der Waals surface area contributed by atoms with Gasteiger partial charge in [-0.05, 0) is 54.5 Å². The van der Waals surface area contributed by atoms with Gasteiger partial charge in [-0.2, -0.15) is 0 Å². The molecule has 0 saturated carbocycles. The molecule has 0 aliphatic rings. The van der Waals surface area contributed by atoms with Gasteiger partial charge in [-0.15, -0.1) is 0 Å². The summed E-state index contributed by atoms with van der Waals surface area (Å²) >= 11 is 0. The SMILES string of the molecule is C=C(C)C(=O)Oc1ccc(/C=C/C(=O)CC(=O)/C=C/c2ccc(O)c(OC)c2)cc1OC. The van der Waals surface area contributed by atoms with Gasteiger partial charge in [-0.25, -0.2) is 4.79 Å². The zero-order valence-electron chi connectivity index (χ0n) is 18.1. The van der Waals surface area contributed by atoms with Crippen LogP contribution in [0.5, 0.6) is 23.0 Å². The van der Waals surface area contributed by atoms with E-state index in [1.807, 2.05) is 0 Å². The van der Waals surface area contributed by atoms with Crippen LogP contribution in [0.4, 0.5) is 0 Å². The standard InChI is InChI=1S/C25H24O7/c1-16(2)25(29)32-22-12-8-18(14-24(22)31-4)6-10-20(27)15-19(26)9-5-17-7-11-21(28)23(13-17)30-3/h5-14,28H,1,15H2,2-4H3/b9-5+,10-6+. The Kier molecular flexibility index (Phi) is 8.53. The van der Waals surface area contributed by atoms with Crippen LogP contribution in [0.15, 0.2) is 60.7 Å². The number of hydrogen-bond donors (Lipinski definition) is 1. The third kappa shape index (κ3) is 6.98. The summed E-state index contributed by atoms with van der Waals surface area (Å²) in [5, 5.41) is 9.59. The third-order valence-corrected chi connectivity index (χ3v) is 4.21. The van der Waals surface area contributed by atoms with Gasteiger partial charge in [-0.1, -0.05) is 30.9 Å². The molecule has 1 N–H and O–H groups in total. The van der Waals surface area contributed by atoms with Crippen molar-refractivity contribution in [2.45, 2.75) is 13.3 Å². The Balaban J connectivity index is 1.99. The molecule has 2 aromatic rings. The molecule has 0 spiro atoms. The Morgan fingerprint density at radius 2 is 1.41 bits per heavy atom. The number of phenols is 1. The van der Waals surface area contributed by atoms with Crippen molar-refractivity contribution in [2.24, 2.45) is 0 Å². The lowest BCUT2D eigenvalue weighted by Crippen LogP contribution is -2.09. The number of ketones is 2. The first-order valence-corrected chi connectivity index (χ1v) is 9.58. The van der Waals surface area contributed by atoms with Gasteiger partial charge < -0.3 is 19.3 Å². The number of allylic oxidation sites excluding steroid dienone is 2. The molecule has 0 unspecified atom stereocenters.